The second-order valence-corrected chi connectivity index (χ2v) is 11.3. The van der Waals surface area contributed by atoms with Crippen LogP contribution in [0.2, 0.25) is 5.15 Å². The van der Waals surface area contributed by atoms with Crippen LogP contribution in [-0.4, -0.2) is 37.8 Å². The first-order valence-electron chi connectivity index (χ1n) is 13.4. The van der Waals surface area contributed by atoms with E-state index in [4.69, 9.17) is 21.1 Å². The third-order valence-corrected chi connectivity index (χ3v) is 6.98. The SMILES string of the molecule is Cc1cccc(Oc2ccc(-c3c4n(c5ncnc(Cl)c35)CCN4c3ccc(NC(=O)OC(C)(C)C)cc3)cc2F)n1. The van der Waals surface area contributed by atoms with Crippen LogP contribution in [0.15, 0.2) is 67.0 Å². The maximum Gasteiger partial charge on any atom is 0.412 e. The summed E-state index contributed by atoms with van der Waals surface area (Å²) in [5.41, 5.74) is 3.62. The van der Waals surface area contributed by atoms with E-state index in [0.717, 1.165) is 17.2 Å². The van der Waals surface area contributed by atoms with E-state index in [9.17, 15) is 4.79 Å². The van der Waals surface area contributed by atoms with E-state index < -0.39 is 17.5 Å². The summed E-state index contributed by atoms with van der Waals surface area (Å²) in [7, 11) is 0. The molecule has 6 rings (SSSR count). The molecule has 0 radical (unpaired) electrons. The number of benzene rings is 2. The number of aromatic nitrogens is 4. The molecule has 2 aromatic carbocycles. The topological polar surface area (TPSA) is 94.4 Å². The van der Waals surface area contributed by atoms with Gasteiger partial charge < -0.3 is 18.9 Å². The number of fused-ring (bicyclic) bond motifs is 3. The minimum Gasteiger partial charge on any atom is -0.444 e. The zero-order valence-corrected chi connectivity index (χ0v) is 24.2. The number of hydrogen-bond acceptors (Lipinski definition) is 7. The summed E-state index contributed by atoms with van der Waals surface area (Å²) in [6.07, 6.45) is 0.896. The highest BCUT2D eigenvalue weighted by atomic mass is 35.5. The molecular weight excluding hydrogens is 559 g/mol. The summed E-state index contributed by atoms with van der Waals surface area (Å²) >= 11 is 6.62. The lowest BCUT2D eigenvalue weighted by Gasteiger charge is -2.21. The highest BCUT2D eigenvalue weighted by molar-refractivity contribution is 6.35. The molecule has 0 bridgehead atoms. The van der Waals surface area contributed by atoms with Gasteiger partial charge in [0, 0.05) is 41.8 Å². The van der Waals surface area contributed by atoms with Gasteiger partial charge in [-0.15, -0.1) is 0 Å². The fourth-order valence-electron chi connectivity index (χ4n) is 5.02. The predicted octanol–water partition coefficient (Wildman–Crippen LogP) is 7.89. The number of nitrogens with zero attached hydrogens (tertiary/aromatic N) is 5. The molecular formula is C31H28ClFN6O3. The normalized spacial score (nSPS) is 12.9. The zero-order valence-electron chi connectivity index (χ0n) is 23.5. The van der Waals surface area contributed by atoms with Crippen LogP contribution in [0.4, 0.5) is 26.4 Å². The van der Waals surface area contributed by atoms with Crippen molar-refractivity contribution < 1.29 is 18.7 Å². The van der Waals surface area contributed by atoms with E-state index in [2.05, 4.69) is 29.7 Å². The van der Waals surface area contributed by atoms with Crippen molar-refractivity contribution >= 4 is 45.9 Å². The monoisotopic (exact) mass is 586 g/mol. The van der Waals surface area contributed by atoms with E-state index in [0.29, 0.717) is 46.8 Å². The summed E-state index contributed by atoms with van der Waals surface area (Å²) < 4.78 is 28.6. The van der Waals surface area contributed by atoms with Gasteiger partial charge in [0.25, 0.3) is 0 Å². The average Bonchev–Trinajstić information content (AvgIpc) is 3.49. The lowest BCUT2D eigenvalue weighted by Crippen LogP contribution is -2.27. The van der Waals surface area contributed by atoms with Gasteiger partial charge in [0.2, 0.25) is 5.88 Å². The molecule has 1 aliphatic rings. The molecule has 0 atom stereocenters. The van der Waals surface area contributed by atoms with Crippen LogP contribution in [0.5, 0.6) is 11.6 Å². The van der Waals surface area contributed by atoms with Gasteiger partial charge in [0.1, 0.15) is 28.5 Å². The Labute approximate surface area is 246 Å². The predicted molar refractivity (Wildman–Crippen MR) is 160 cm³/mol. The largest absolute Gasteiger partial charge is 0.444 e. The quantitative estimate of drug-likeness (QED) is 0.209. The van der Waals surface area contributed by atoms with Crippen LogP contribution in [0, 0.1) is 12.7 Å². The molecule has 9 nitrogen and oxygen atoms in total. The summed E-state index contributed by atoms with van der Waals surface area (Å²) in [6, 6.07) is 17.5. The van der Waals surface area contributed by atoms with Crippen LogP contribution in [-0.2, 0) is 11.3 Å². The molecule has 4 heterocycles. The number of amides is 1. The van der Waals surface area contributed by atoms with Crippen molar-refractivity contribution in [2.45, 2.75) is 39.8 Å². The van der Waals surface area contributed by atoms with E-state index in [1.807, 2.05) is 58.0 Å². The molecule has 1 N–H and O–H groups in total. The maximum atomic E-state index is 15.5. The van der Waals surface area contributed by atoms with Gasteiger partial charge in [-0.1, -0.05) is 23.7 Å². The van der Waals surface area contributed by atoms with E-state index in [1.165, 1.54) is 12.4 Å². The smallest absolute Gasteiger partial charge is 0.412 e. The number of hydrogen-bond donors (Lipinski definition) is 1. The molecule has 0 fully saturated rings. The molecule has 214 valence electrons. The summed E-state index contributed by atoms with van der Waals surface area (Å²) in [4.78, 5) is 27.4. The number of aryl methyl sites for hydroxylation is 1. The standard InChI is InChI=1S/C31H28ClFN6O3/c1-18-6-5-7-24(36-18)41-23-13-8-19(16-22(23)33)25-26-27(32)34-17-35-28(26)39-15-14-38(29(25)39)21-11-9-20(10-12-21)37-30(40)42-31(2,3)4/h5-13,16-17H,14-15H2,1-4H3,(H,37,40). The fourth-order valence-corrected chi connectivity index (χ4v) is 5.24. The molecule has 3 aromatic heterocycles. The highest BCUT2D eigenvalue weighted by Crippen LogP contribution is 2.47. The average molecular weight is 587 g/mol. The van der Waals surface area contributed by atoms with Crippen molar-refractivity contribution in [3.63, 3.8) is 0 Å². The Hall–Kier alpha value is -4.70. The maximum absolute atomic E-state index is 15.5. The molecule has 5 aromatic rings. The molecule has 0 saturated carbocycles. The summed E-state index contributed by atoms with van der Waals surface area (Å²) in [6.45, 7) is 8.56. The number of pyridine rings is 1. The second kappa shape index (κ2) is 10.6. The minimum absolute atomic E-state index is 0.0595. The van der Waals surface area contributed by atoms with Crippen molar-refractivity contribution in [3.05, 3.63) is 83.7 Å². The molecule has 0 saturated heterocycles. The molecule has 42 heavy (non-hydrogen) atoms. The van der Waals surface area contributed by atoms with Crippen molar-refractivity contribution in [2.75, 3.05) is 16.8 Å². The van der Waals surface area contributed by atoms with Crippen LogP contribution < -0.4 is 15.0 Å². The van der Waals surface area contributed by atoms with Crippen LogP contribution in [0.3, 0.4) is 0 Å². The minimum atomic E-state index is -0.602. The zero-order chi connectivity index (χ0) is 29.6. The third-order valence-electron chi connectivity index (χ3n) is 6.69. The van der Waals surface area contributed by atoms with Gasteiger partial charge in [-0.2, -0.15) is 0 Å². The van der Waals surface area contributed by atoms with Crippen LogP contribution >= 0.6 is 11.6 Å². The number of halogens is 2. The Morgan fingerprint density at radius 2 is 1.83 bits per heavy atom. The first-order valence-corrected chi connectivity index (χ1v) is 13.8. The lowest BCUT2D eigenvalue weighted by molar-refractivity contribution is 0.0636. The number of anilines is 3. The van der Waals surface area contributed by atoms with Gasteiger partial charge in [-0.25, -0.2) is 24.1 Å². The number of nitrogens with one attached hydrogen (secondary N) is 1. The van der Waals surface area contributed by atoms with E-state index in [-0.39, 0.29) is 10.9 Å². The Bertz CT molecular complexity index is 1820. The number of carbonyl (C=O) groups is 1. The molecule has 1 amide bonds. The Morgan fingerprint density at radius 3 is 2.55 bits per heavy atom. The molecule has 11 heteroatoms. The van der Waals surface area contributed by atoms with Crippen LogP contribution in [0.25, 0.3) is 22.2 Å². The molecule has 0 spiro atoms. The molecule has 0 unspecified atom stereocenters. The van der Waals surface area contributed by atoms with Gasteiger partial charge in [-0.05, 0) is 75.7 Å². The summed E-state index contributed by atoms with van der Waals surface area (Å²) in [5, 5.41) is 3.67. The Morgan fingerprint density at radius 1 is 1.05 bits per heavy atom. The first kappa shape index (κ1) is 27.5. The molecule has 0 aliphatic carbocycles. The first-order chi connectivity index (χ1) is 20.1. The van der Waals surface area contributed by atoms with Gasteiger partial charge in [0.05, 0.1) is 5.39 Å². The van der Waals surface area contributed by atoms with E-state index in [1.54, 1.807) is 24.3 Å². The lowest BCUT2D eigenvalue weighted by atomic mass is 10.0. The highest BCUT2D eigenvalue weighted by Gasteiger charge is 2.31. The summed E-state index contributed by atoms with van der Waals surface area (Å²) in [5.74, 6) is 0.640. The number of carbonyl (C=O) groups excluding carboxylic acids is 1. The van der Waals surface area contributed by atoms with Crippen LogP contribution in [0.1, 0.15) is 26.5 Å². The van der Waals surface area contributed by atoms with Gasteiger partial charge >= 0.3 is 6.09 Å². The fraction of sp³-hybridized carbons (Fsp3) is 0.226. The van der Waals surface area contributed by atoms with E-state index >= 15 is 4.39 Å². The molecule has 1 aliphatic heterocycles. The van der Waals surface area contributed by atoms with Crippen molar-refractivity contribution in [3.8, 4) is 22.8 Å². The number of ether oxygens (including phenoxy) is 2. The Kier molecular flexibility index (Phi) is 6.94. The van der Waals surface area contributed by atoms with Crippen molar-refractivity contribution in [2.24, 2.45) is 0 Å². The van der Waals surface area contributed by atoms with Gasteiger partial charge in [0.15, 0.2) is 11.6 Å². The van der Waals surface area contributed by atoms with Crippen molar-refractivity contribution in [1.82, 2.24) is 19.5 Å². The second-order valence-electron chi connectivity index (χ2n) is 10.9. The Balaban J connectivity index is 1.37. The third kappa shape index (κ3) is 5.33. The number of rotatable bonds is 5. The van der Waals surface area contributed by atoms with Crippen molar-refractivity contribution in [1.29, 1.82) is 0 Å². The van der Waals surface area contributed by atoms with Gasteiger partial charge in [-0.3, -0.25) is 5.32 Å².